The highest BCUT2D eigenvalue weighted by Gasteiger charge is 2.19. The Morgan fingerprint density at radius 3 is 0.782 bits per heavy atom. The Kier molecular flexibility index (Phi) is 63.2. The molecule has 0 spiro atoms. The lowest BCUT2D eigenvalue weighted by atomic mass is 10.0. The molecule has 0 heterocycles. The molecule has 0 aliphatic carbocycles. The quantitative estimate of drug-likeness (QED) is 0.0261. The molecular formula is C72H126O6. The predicted octanol–water partition coefficient (Wildman–Crippen LogP) is 23.1. The molecule has 0 aromatic carbocycles. The molecule has 0 saturated heterocycles. The van der Waals surface area contributed by atoms with Crippen molar-refractivity contribution in [1.29, 1.82) is 0 Å². The summed E-state index contributed by atoms with van der Waals surface area (Å²) in [4.78, 5) is 38.2. The zero-order valence-corrected chi connectivity index (χ0v) is 51.7. The molecule has 450 valence electrons. The summed E-state index contributed by atoms with van der Waals surface area (Å²) in [5.41, 5.74) is 0. The van der Waals surface area contributed by atoms with Gasteiger partial charge in [-0.3, -0.25) is 14.4 Å². The first-order valence-electron chi connectivity index (χ1n) is 33.6. The van der Waals surface area contributed by atoms with Gasteiger partial charge < -0.3 is 14.2 Å². The van der Waals surface area contributed by atoms with Gasteiger partial charge >= 0.3 is 17.9 Å². The molecule has 0 aromatic heterocycles. The standard InChI is InChI=1S/C72H126O6/c1-4-7-10-13-16-19-21-23-25-27-29-31-33-35-37-38-40-42-44-46-48-50-53-56-59-62-65-71(74)77-68-69(67-76-70(73)64-61-58-55-52-18-15-12-9-6-3)78-72(75)66-63-60-57-54-51-49-47-45-43-41-39-36-34-32-30-28-26-24-22-20-17-14-11-8-5-2/h8,11,17,20,24,26,30,32,36,39,43,45,49,51,69H,4-7,9-10,12-16,18-19,21-23,25,27-29,31,33-35,37-38,40-42,44,46-48,50,52-68H2,1-3H3/b11-8-,20-17-,26-24-,32-30-,39-36-,45-43-,51-49-. The van der Waals surface area contributed by atoms with Crippen molar-refractivity contribution >= 4 is 17.9 Å². The Morgan fingerprint density at radius 1 is 0.269 bits per heavy atom. The molecule has 0 radical (unpaired) electrons. The van der Waals surface area contributed by atoms with Gasteiger partial charge in [-0.2, -0.15) is 0 Å². The minimum Gasteiger partial charge on any atom is -0.462 e. The largest absolute Gasteiger partial charge is 0.462 e. The Bertz CT molecular complexity index is 1480. The van der Waals surface area contributed by atoms with Crippen LogP contribution in [0.4, 0.5) is 0 Å². The van der Waals surface area contributed by atoms with Crippen LogP contribution in [0.2, 0.25) is 0 Å². The second kappa shape index (κ2) is 66.1. The van der Waals surface area contributed by atoms with Crippen LogP contribution in [0.15, 0.2) is 85.1 Å². The summed E-state index contributed by atoms with van der Waals surface area (Å²) < 4.78 is 16.9. The van der Waals surface area contributed by atoms with E-state index in [0.29, 0.717) is 19.3 Å². The van der Waals surface area contributed by atoms with Crippen molar-refractivity contribution in [2.24, 2.45) is 0 Å². The molecule has 6 nitrogen and oxygen atoms in total. The maximum atomic E-state index is 12.9. The van der Waals surface area contributed by atoms with Gasteiger partial charge in [-0.15, -0.1) is 0 Å². The van der Waals surface area contributed by atoms with Crippen molar-refractivity contribution in [2.75, 3.05) is 13.2 Å². The SMILES string of the molecule is CC/C=C\C/C=C\C/C=C\C/C=C\C/C=C\C/C=C\C/C=C\CCCCCC(=O)OC(COC(=O)CCCCCCCCCCC)COC(=O)CCCCCCCCCCCCCCCCCCCCCCCCCCCC. The number of hydrogen-bond acceptors (Lipinski definition) is 6. The van der Waals surface area contributed by atoms with Gasteiger partial charge in [-0.25, -0.2) is 0 Å². The van der Waals surface area contributed by atoms with E-state index < -0.39 is 6.10 Å². The van der Waals surface area contributed by atoms with E-state index in [1.807, 2.05) is 0 Å². The Labute approximate surface area is 484 Å². The van der Waals surface area contributed by atoms with Crippen molar-refractivity contribution in [3.05, 3.63) is 85.1 Å². The summed E-state index contributed by atoms with van der Waals surface area (Å²) in [5, 5.41) is 0. The van der Waals surface area contributed by atoms with E-state index in [1.54, 1.807) is 0 Å². The van der Waals surface area contributed by atoms with Crippen LogP contribution in [0.1, 0.15) is 335 Å². The summed E-state index contributed by atoms with van der Waals surface area (Å²) >= 11 is 0. The van der Waals surface area contributed by atoms with Crippen LogP contribution >= 0.6 is 0 Å². The average molecular weight is 1090 g/mol. The number of allylic oxidation sites excluding steroid dienone is 14. The second-order valence-electron chi connectivity index (χ2n) is 22.4. The van der Waals surface area contributed by atoms with E-state index in [1.165, 1.54) is 186 Å². The first-order chi connectivity index (χ1) is 38.5. The van der Waals surface area contributed by atoms with Gasteiger partial charge in [-0.05, 0) is 77.0 Å². The molecule has 0 amide bonds. The fourth-order valence-electron chi connectivity index (χ4n) is 9.66. The number of esters is 3. The molecule has 6 heteroatoms. The van der Waals surface area contributed by atoms with Crippen LogP contribution in [0.3, 0.4) is 0 Å². The third-order valence-electron chi connectivity index (χ3n) is 14.7. The highest BCUT2D eigenvalue weighted by Crippen LogP contribution is 2.18. The zero-order chi connectivity index (χ0) is 56.4. The van der Waals surface area contributed by atoms with Crippen LogP contribution in [0.5, 0.6) is 0 Å². The maximum Gasteiger partial charge on any atom is 0.306 e. The molecule has 0 aliphatic rings. The fourth-order valence-corrected chi connectivity index (χ4v) is 9.66. The van der Waals surface area contributed by atoms with Gasteiger partial charge in [0.05, 0.1) is 0 Å². The molecule has 0 saturated carbocycles. The van der Waals surface area contributed by atoms with Crippen LogP contribution in [0.25, 0.3) is 0 Å². The highest BCUT2D eigenvalue weighted by atomic mass is 16.6. The lowest BCUT2D eigenvalue weighted by Crippen LogP contribution is -2.30. The van der Waals surface area contributed by atoms with Gasteiger partial charge in [-0.1, -0.05) is 324 Å². The monoisotopic (exact) mass is 1090 g/mol. The second-order valence-corrected chi connectivity index (χ2v) is 22.4. The van der Waals surface area contributed by atoms with Crippen LogP contribution in [-0.4, -0.2) is 37.2 Å². The molecule has 0 N–H and O–H groups in total. The van der Waals surface area contributed by atoms with Gasteiger partial charge in [0.2, 0.25) is 0 Å². The normalized spacial score (nSPS) is 12.6. The third kappa shape index (κ3) is 63.4. The number of rotatable bonds is 61. The van der Waals surface area contributed by atoms with E-state index in [2.05, 4.69) is 106 Å². The third-order valence-corrected chi connectivity index (χ3v) is 14.7. The Hall–Kier alpha value is -3.41. The number of ether oxygens (including phenoxy) is 3. The zero-order valence-electron chi connectivity index (χ0n) is 51.7. The van der Waals surface area contributed by atoms with E-state index in [4.69, 9.17) is 14.2 Å². The lowest BCUT2D eigenvalue weighted by molar-refractivity contribution is -0.167. The molecule has 1 atom stereocenters. The predicted molar refractivity (Wildman–Crippen MR) is 339 cm³/mol. The van der Waals surface area contributed by atoms with Crippen molar-refractivity contribution in [3.63, 3.8) is 0 Å². The average Bonchev–Trinajstić information content (AvgIpc) is 3.44. The summed E-state index contributed by atoms with van der Waals surface area (Å²) in [5.74, 6) is -0.908. The van der Waals surface area contributed by atoms with Gasteiger partial charge in [0.25, 0.3) is 0 Å². The number of carbonyl (C=O) groups is 3. The highest BCUT2D eigenvalue weighted by molar-refractivity contribution is 5.71. The number of unbranched alkanes of at least 4 members (excludes halogenated alkanes) is 36. The molecule has 78 heavy (non-hydrogen) atoms. The molecular weight excluding hydrogens is 961 g/mol. The summed E-state index contributed by atoms with van der Waals surface area (Å²) in [6, 6.07) is 0. The number of carbonyl (C=O) groups excluding carboxylic acids is 3. The molecule has 0 aromatic rings. The van der Waals surface area contributed by atoms with E-state index in [-0.39, 0.29) is 31.1 Å². The summed E-state index contributed by atoms with van der Waals surface area (Å²) in [6.07, 6.45) is 87.6. The van der Waals surface area contributed by atoms with Crippen molar-refractivity contribution in [2.45, 2.75) is 341 Å². The molecule has 0 rings (SSSR count). The summed E-state index contributed by atoms with van der Waals surface area (Å²) in [6.45, 7) is 6.52. The molecule has 0 aliphatic heterocycles. The first kappa shape index (κ1) is 74.6. The smallest absolute Gasteiger partial charge is 0.306 e. The number of hydrogen-bond donors (Lipinski definition) is 0. The Morgan fingerprint density at radius 2 is 0.500 bits per heavy atom. The van der Waals surface area contributed by atoms with Crippen molar-refractivity contribution in [1.82, 2.24) is 0 Å². The first-order valence-corrected chi connectivity index (χ1v) is 33.6. The van der Waals surface area contributed by atoms with Gasteiger partial charge in [0.15, 0.2) is 6.10 Å². The Balaban J connectivity index is 4.23. The summed E-state index contributed by atoms with van der Waals surface area (Å²) in [7, 11) is 0. The minimum atomic E-state index is -0.792. The topological polar surface area (TPSA) is 78.9 Å². The van der Waals surface area contributed by atoms with E-state index in [0.717, 1.165) is 109 Å². The fraction of sp³-hybridized carbons (Fsp3) is 0.764. The minimum absolute atomic E-state index is 0.0864. The van der Waals surface area contributed by atoms with Crippen LogP contribution < -0.4 is 0 Å². The lowest BCUT2D eigenvalue weighted by Gasteiger charge is -2.18. The van der Waals surface area contributed by atoms with Crippen molar-refractivity contribution < 1.29 is 28.6 Å². The maximum absolute atomic E-state index is 12.9. The van der Waals surface area contributed by atoms with Crippen LogP contribution in [0, 0.1) is 0 Å². The van der Waals surface area contributed by atoms with E-state index in [9.17, 15) is 14.4 Å². The van der Waals surface area contributed by atoms with Crippen LogP contribution in [-0.2, 0) is 28.6 Å². The van der Waals surface area contributed by atoms with Crippen molar-refractivity contribution in [3.8, 4) is 0 Å². The molecule has 0 fully saturated rings. The molecule has 1 unspecified atom stereocenters. The van der Waals surface area contributed by atoms with E-state index >= 15 is 0 Å². The molecule has 0 bridgehead atoms. The van der Waals surface area contributed by atoms with Gasteiger partial charge in [0.1, 0.15) is 13.2 Å². The van der Waals surface area contributed by atoms with Gasteiger partial charge in [0, 0.05) is 19.3 Å².